The monoisotopic (exact) mass is 438 g/mol. The molecule has 1 amide bonds. The fraction of sp³-hybridized carbons (Fsp3) is 0.375. The number of nitrogens with zero attached hydrogens (tertiary/aromatic N) is 3. The Morgan fingerprint density at radius 3 is 2.44 bits per heavy atom. The second kappa shape index (κ2) is 9.30. The molecule has 0 saturated heterocycles. The summed E-state index contributed by atoms with van der Waals surface area (Å²) in [6.45, 7) is 10.6. The van der Waals surface area contributed by atoms with Crippen LogP contribution in [0.3, 0.4) is 0 Å². The van der Waals surface area contributed by atoms with E-state index in [9.17, 15) is 4.79 Å². The average Bonchev–Trinajstić information content (AvgIpc) is 3.14. The van der Waals surface area contributed by atoms with Gasteiger partial charge in [0, 0.05) is 17.8 Å². The van der Waals surface area contributed by atoms with Gasteiger partial charge in [0.1, 0.15) is 22.9 Å². The second-order valence-corrected chi connectivity index (χ2v) is 8.36. The smallest absolute Gasteiger partial charge is 0.278 e. The Morgan fingerprint density at radius 2 is 1.81 bits per heavy atom. The van der Waals surface area contributed by atoms with Crippen LogP contribution in [0, 0.1) is 6.92 Å². The first-order valence-electron chi connectivity index (χ1n) is 10.4. The molecule has 3 aromatic rings. The van der Waals surface area contributed by atoms with Crippen molar-refractivity contribution in [2.75, 3.05) is 26.1 Å². The molecule has 0 radical (unpaired) electrons. The third-order valence-corrected chi connectivity index (χ3v) is 5.07. The van der Waals surface area contributed by atoms with Crippen LogP contribution >= 0.6 is 0 Å². The normalized spacial score (nSPS) is 11.2. The van der Waals surface area contributed by atoms with Gasteiger partial charge in [0.05, 0.1) is 26.5 Å². The number of rotatable bonds is 7. The summed E-state index contributed by atoms with van der Waals surface area (Å²) in [6.07, 6.45) is 0. The molecule has 0 aliphatic heterocycles. The lowest BCUT2D eigenvalue weighted by atomic mass is 9.86. The molecule has 0 fully saturated rings. The highest BCUT2D eigenvalue weighted by Crippen LogP contribution is 2.31. The van der Waals surface area contributed by atoms with Crippen LogP contribution < -0.4 is 19.5 Å². The summed E-state index contributed by atoms with van der Waals surface area (Å²) in [4.78, 5) is 13.1. The summed E-state index contributed by atoms with van der Waals surface area (Å²) in [6, 6.07) is 11.1. The number of hydrogen-bond acceptors (Lipinski definition) is 6. The summed E-state index contributed by atoms with van der Waals surface area (Å²) in [5.74, 6) is 1.58. The molecule has 170 valence electrons. The molecule has 32 heavy (non-hydrogen) atoms. The molecule has 0 aliphatic carbocycles. The molecule has 0 saturated carbocycles. The van der Waals surface area contributed by atoms with Crippen molar-refractivity contribution < 1.29 is 19.0 Å². The molecule has 1 aromatic heterocycles. The highest BCUT2D eigenvalue weighted by Gasteiger charge is 2.21. The first kappa shape index (κ1) is 23.1. The second-order valence-electron chi connectivity index (χ2n) is 8.36. The van der Waals surface area contributed by atoms with E-state index in [-0.39, 0.29) is 17.0 Å². The minimum atomic E-state index is -0.357. The Labute approximate surface area is 188 Å². The number of nitrogens with one attached hydrogen (secondary N) is 1. The van der Waals surface area contributed by atoms with Crippen LogP contribution in [0.15, 0.2) is 36.4 Å². The predicted octanol–water partition coefficient (Wildman–Crippen LogP) is 4.54. The van der Waals surface area contributed by atoms with E-state index in [1.165, 1.54) is 0 Å². The van der Waals surface area contributed by atoms with Crippen molar-refractivity contribution in [3.8, 4) is 22.9 Å². The van der Waals surface area contributed by atoms with Crippen molar-refractivity contribution in [3.63, 3.8) is 0 Å². The number of carbonyl (C=O) groups excluding carboxylic acids is 1. The maximum Gasteiger partial charge on any atom is 0.278 e. The van der Waals surface area contributed by atoms with Gasteiger partial charge in [-0.2, -0.15) is 0 Å². The van der Waals surface area contributed by atoms with E-state index in [1.54, 1.807) is 44.0 Å². The maximum absolute atomic E-state index is 13.1. The lowest BCUT2D eigenvalue weighted by Crippen LogP contribution is -2.16. The topological polar surface area (TPSA) is 87.5 Å². The Morgan fingerprint density at radius 1 is 1.06 bits per heavy atom. The molecule has 8 heteroatoms. The number of anilines is 1. The largest absolute Gasteiger partial charge is 0.497 e. The Balaban J connectivity index is 1.94. The molecule has 8 nitrogen and oxygen atoms in total. The number of amides is 1. The molecule has 1 N–H and O–H groups in total. The lowest BCUT2D eigenvalue weighted by Gasteiger charge is -2.21. The zero-order valence-electron chi connectivity index (χ0n) is 19.6. The first-order chi connectivity index (χ1) is 15.2. The standard InChI is InChI=1S/C24H30N4O4/c1-8-32-19-12-16(24(3,4)5)11-17(13-19)25-23(29)22-15(2)28(27-26-22)20-14-18(30-6)9-10-21(20)31-7/h9-14H,8H2,1-7H3,(H,25,29). The summed E-state index contributed by atoms with van der Waals surface area (Å²) < 4.78 is 18.0. The van der Waals surface area contributed by atoms with E-state index >= 15 is 0 Å². The van der Waals surface area contributed by atoms with Crippen molar-refractivity contribution in [3.05, 3.63) is 53.3 Å². The van der Waals surface area contributed by atoms with Crippen molar-refractivity contribution in [2.45, 2.75) is 40.0 Å². The van der Waals surface area contributed by atoms with Crippen molar-refractivity contribution in [1.29, 1.82) is 0 Å². The van der Waals surface area contributed by atoms with Crippen molar-refractivity contribution >= 4 is 11.6 Å². The van der Waals surface area contributed by atoms with Gasteiger partial charge in [-0.3, -0.25) is 4.79 Å². The van der Waals surface area contributed by atoms with E-state index in [1.807, 2.05) is 25.1 Å². The van der Waals surface area contributed by atoms with Crippen LogP contribution in [0.4, 0.5) is 5.69 Å². The maximum atomic E-state index is 13.1. The fourth-order valence-electron chi connectivity index (χ4n) is 3.27. The molecule has 2 aromatic carbocycles. The van der Waals surface area contributed by atoms with E-state index in [0.29, 0.717) is 40.9 Å². The summed E-state index contributed by atoms with van der Waals surface area (Å²) >= 11 is 0. The van der Waals surface area contributed by atoms with E-state index in [2.05, 4.69) is 36.4 Å². The molecule has 0 aliphatic rings. The van der Waals surface area contributed by atoms with Gasteiger partial charge in [0.2, 0.25) is 0 Å². The molecule has 0 spiro atoms. The molecule has 1 heterocycles. The number of ether oxygens (including phenoxy) is 3. The summed E-state index contributed by atoms with van der Waals surface area (Å²) in [7, 11) is 3.16. The summed E-state index contributed by atoms with van der Waals surface area (Å²) in [5, 5.41) is 11.2. The predicted molar refractivity (Wildman–Crippen MR) is 123 cm³/mol. The van der Waals surface area contributed by atoms with Gasteiger partial charge in [-0.1, -0.05) is 26.0 Å². The molecule has 0 bridgehead atoms. The first-order valence-corrected chi connectivity index (χ1v) is 10.4. The van der Waals surface area contributed by atoms with Crippen LogP contribution in [-0.4, -0.2) is 41.7 Å². The zero-order valence-corrected chi connectivity index (χ0v) is 19.6. The third-order valence-electron chi connectivity index (χ3n) is 5.07. The Hall–Kier alpha value is -3.55. The number of aromatic nitrogens is 3. The molecule has 0 unspecified atom stereocenters. The van der Waals surface area contributed by atoms with Crippen LogP contribution in [0.25, 0.3) is 5.69 Å². The van der Waals surface area contributed by atoms with Gasteiger partial charge in [-0.25, -0.2) is 4.68 Å². The van der Waals surface area contributed by atoms with Gasteiger partial charge in [0.25, 0.3) is 5.91 Å². The van der Waals surface area contributed by atoms with Crippen molar-refractivity contribution in [2.24, 2.45) is 0 Å². The fourth-order valence-corrected chi connectivity index (χ4v) is 3.27. The van der Waals surface area contributed by atoms with Gasteiger partial charge in [0.15, 0.2) is 5.69 Å². The molecule has 3 rings (SSSR count). The number of hydrogen-bond donors (Lipinski definition) is 1. The SMILES string of the molecule is CCOc1cc(NC(=O)c2nnn(-c3cc(OC)ccc3OC)c2C)cc(C(C)(C)C)c1. The average molecular weight is 439 g/mol. The highest BCUT2D eigenvalue weighted by atomic mass is 16.5. The van der Waals surface area contributed by atoms with Crippen LogP contribution in [-0.2, 0) is 5.41 Å². The van der Waals surface area contributed by atoms with Crippen LogP contribution in [0.1, 0.15) is 49.4 Å². The van der Waals surface area contributed by atoms with Crippen molar-refractivity contribution in [1.82, 2.24) is 15.0 Å². The minimum Gasteiger partial charge on any atom is -0.497 e. The molecular weight excluding hydrogens is 408 g/mol. The van der Waals surface area contributed by atoms with Gasteiger partial charge in [-0.15, -0.1) is 5.10 Å². The zero-order chi connectivity index (χ0) is 23.5. The lowest BCUT2D eigenvalue weighted by molar-refractivity contribution is 0.102. The highest BCUT2D eigenvalue weighted by molar-refractivity contribution is 6.03. The van der Waals surface area contributed by atoms with Crippen LogP contribution in [0.5, 0.6) is 17.2 Å². The Kier molecular flexibility index (Phi) is 6.72. The van der Waals surface area contributed by atoms with E-state index in [4.69, 9.17) is 14.2 Å². The third kappa shape index (κ3) is 4.85. The van der Waals surface area contributed by atoms with E-state index < -0.39 is 0 Å². The minimum absolute atomic E-state index is 0.103. The number of carbonyl (C=O) groups is 1. The van der Waals surface area contributed by atoms with E-state index in [0.717, 1.165) is 5.56 Å². The molecule has 0 atom stereocenters. The van der Waals surface area contributed by atoms with Crippen LogP contribution in [0.2, 0.25) is 0 Å². The van der Waals surface area contributed by atoms with Gasteiger partial charge in [-0.05, 0) is 49.1 Å². The van der Waals surface area contributed by atoms with Gasteiger partial charge < -0.3 is 19.5 Å². The Bertz CT molecular complexity index is 1120. The summed E-state index contributed by atoms with van der Waals surface area (Å²) in [5.41, 5.74) is 3.01. The quantitative estimate of drug-likeness (QED) is 0.583. The number of methoxy groups -OCH3 is 2. The number of benzene rings is 2. The van der Waals surface area contributed by atoms with Gasteiger partial charge >= 0.3 is 0 Å². The molecular formula is C24H30N4O4.